The summed E-state index contributed by atoms with van der Waals surface area (Å²) < 4.78 is 1.69. The zero-order valence-electron chi connectivity index (χ0n) is 9.55. The lowest BCUT2D eigenvalue weighted by atomic mass is 9.84. The van der Waals surface area contributed by atoms with Crippen LogP contribution in [0.4, 0.5) is 0 Å². The number of aromatic nitrogens is 2. The van der Waals surface area contributed by atoms with Crippen molar-refractivity contribution in [2.24, 2.45) is 18.2 Å². The maximum absolute atomic E-state index is 6.16. The van der Waals surface area contributed by atoms with Gasteiger partial charge in [-0.1, -0.05) is 24.6 Å². The predicted octanol–water partition coefficient (Wildman–Crippen LogP) is 2.08. The first-order valence-electron chi connectivity index (χ1n) is 4.95. The van der Waals surface area contributed by atoms with Crippen LogP contribution in [-0.4, -0.2) is 16.3 Å². The molecule has 0 bridgehead atoms. The number of nitrogens with two attached hydrogens (primary N) is 1. The van der Waals surface area contributed by atoms with E-state index in [4.69, 9.17) is 17.3 Å². The lowest BCUT2D eigenvalue weighted by Crippen LogP contribution is -2.27. The summed E-state index contributed by atoms with van der Waals surface area (Å²) in [7, 11) is 1.84. The van der Waals surface area contributed by atoms with Crippen LogP contribution in [0.3, 0.4) is 0 Å². The number of hydrogen-bond donors (Lipinski definition) is 1. The molecule has 1 heterocycles. The van der Waals surface area contributed by atoms with Crippen molar-refractivity contribution in [1.29, 1.82) is 0 Å². The molecule has 0 radical (unpaired) electrons. The van der Waals surface area contributed by atoms with Gasteiger partial charge >= 0.3 is 0 Å². The van der Waals surface area contributed by atoms with Crippen LogP contribution >= 0.6 is 11.6 Å². The Morgan fingerprint density at radius 1 is 1.67 bits per heavy atom. The Labute approximate surface area is 95.9 Å². The minimum Gasteiger partial charge on any atom is -0.330 e. The van der Waals surface area contributed by atoms with E-state index in [0.29, 0.717) is 11.7 Å². The molecule has 1 unspecified atom stereocenters. The van der Waals surface area contributed by atoms with E-state index in [9.17, 15) is 0 Å². The van der Waals surface area contributed by atoms with Crippen LogP contribution in [0.1, 0.15) is 18.2 Å². The van der Waals surface area contributed by atoms with Gasteiger partial charge in [-0.15, -0.1) is 6.58 Å². The Hall–Kier alpha value is -0.800. The quantitative estimate of drug-likeness (QED) is 0.801. The highest BCUT2D eigenvalue weighted by Crippen LogP contribution is 2.28. The molecular weight excluding hydrogens is 210 g/mol. The molecule has 0 aromatic carbocycles. The second kappa shape index (κ2) is 4.37. The normalized spacial score (nSPS) is 15.0. The molecule has 84 valence electrons. The van der Waals surface area contributed by atoms with Crippen molar-refractivity contribution in [2.45, 2.75) is 20.3 Å². The first kappa shape index (κ1) is 12.3. The minimum atomic E-state index is -0.114. The lowest BCUT2D eigenvalue weighted by Gasteiger charge is -2.23. The van der Waals surface area contributed by atoms with Gasteiger partial charge in [0.05, 0.1) is 5.69 Å². The number of aryl methyl sites for hydroxylation is 2. The minimum absolute atomic E-state index is 0.114. The van der Waals surface area contributed by atoms with Crippen LogP contribution in [0.15, 0.2) is 12.7 Å². The molecule has 2 N–H and O–H groups in total. The largest absolute Gasteiger partial charge is 0.330 e. The van der Waals surface area contributed by atoms with Crippen molar-refractivity contribution in [2.75, 3.05) is 6.54 Å². The van der Waals surface area contributed by atoms with Gasteiger partial charge in [0, 0.05) is 24.6 Å². The number of halogens is 1. The highest BCUT2D eigenvalue weighted by atomic mass is 35.5. The molecule has 1 atom stereocenters. The van der Waals surface area contributed by atoms with Crippen molar-refractivity contribution in [1.82, 2.24) is 9.78 Å². The third-order valence-corrected chi connectivity index (χ3v) is 3.28. The monoisotopic (exact) mass is 227 g/mol. The maximum Gasteiger partial charge on any atom is 0.130 e. The Kier molecular flexibility index (Phi) is 3.58. The SMILES string of the molecule is C=CC(C)(CN)Cc1c(C)nn(C)c1Cl. The van der Waals surface area contributed by atoms with Gasteiger partial charge < -0.3 is 5.73 Å². The van der Waals surface area contributed by atoms with E-state index in [-0.39, 0.29) is 5.41 Å². The van der Waals surface area contributed by atoms with Gasteiger partial charge in [0.1, 0.15) is 5.15 Å². The topological polar surface area (TPSA) is 43.8 Å². The Bertz CT molecular complexity index is 370. The molecule has 0 spiro atoms. The van der Waals surface area contributed by atoms with E-state index in [1.54, 1.807) is 4.68 Å². The fourth-order valence-corrected chi connectivity index (χ4v) is 1.75. The van der Waals surface area contributed by atoms with Crippen LogP contribution in [0.5, 0.6) is 0 Å². The fraction of sp³-hybridized carbons (Fsp3) is 0.545. The lowest BCUT2D eigenvalue weighted by molar-refractivity contribution is 0.438. The van der Waals surface area contributed by atoms with E-state index in [0.717, 1.165) is 17.7 Å². The van der Waals surface area contributed by atoms with Crippen LogP contribution in [-0.2, 0) is 13.5 Å². The van der Waals surface area contributed by atoms with Gasteiger partial charge in [0.25, 0.3) is 0 Å². The van der Waals surface area contributed by atoms with E-state index in [1.807, 2.05) is 20.0 Å². The van der Waals surface area contributed by atoms with Gasteiger partial charge in [0.15, 0.2) is 0 Å². The maximum atomic E-state index is 6.16. The molecule has 0 aliphatic heterocycles. The third kappa shape index (κ3) is 2.41. The highest BCUT2D eigenvalue weighted by molar-refractivity contribution is 6.30. The van der Waals surface area contributed by atoms with Crippen LogP contribution in [0, 0.1) is 12.3 Å². The van der Waals surface area contributed by atoms with Crippen LogP contribution in [0.2, 0.25) is 5.15 Å². The molecule has 0 amide bonds. The first-order chi connectivity index (χ1) is 6.93. The second-order valence-electron chi connectivity index (χ2n) is 4.22. The highest BCUT2D eigenvalue weighted by Gasteiger charge is 2.23. The predicted molar refractivity (Wildman–Crippen MR) is 64.0 cm³/mol. The summed E-state index contributed by atoms with van der Waals surface area (Å²) in [6.45, 7) is 8.40. The summed E-state index contributed by atoms with van der Waals surface area (Å²) in [4.78, 5) is 0. The average Bonchev–Trinajstić information content (AvgIpc) is 2.45. The van der Waals surface area contributed by atoms with Crippen molar-refractivity contribution >= 4 is 11.6 Å². The molecule has 0 fully saturated rings. The Morgan fingerprint density at radius 3 is 2.60 bits per heavy atom. The molecule has 3 nitrogen and oxygen atoms in total. The number of hydrogen-bond acceptors (Lipinski definition) is 2. The summed E-state index contributed by atoms with van der Waals surface area (Å²) in [6.07, 6.45) is 2.67. The molecular formula is C11H18ClN3. The summed E-state index contributed by atoms with van der Waals surface area (Å²) >= 11 is 6.16. The summed E-state index contributed by atoms with van der Waals surface area (Å²) in [5, 5.41) is 4.96. The molecule has 1 aromatic rings. The number of nitrogens with zero attached hydrogens (tertiary/aromatic N) is 2. The molecule has 0 saturated carbocycles. The van der Waals surface area contributed by atoms with Gasteiger partial charge in [-0.2, -0.15) is 5.10 Å². The molecule has 0 aliphatic carbocycles. The van der Waals surface area contributed by atoms with Crippen LogP contribution in [0.25, 0.3) is 0 Å². The molecule has 0 saturated heterocycles. The van der Waals surface area contributed by atoms with E-state index in [2.05, 4.69) is 18.6 Å². The standard InChI is InChI=1S/C11H18ClN3/c1-5-11(3,7-13)6-9-8(2)14-15(4)10(9)12/h5H,1,6-7,13H2,2-4H3. The fourth-order valence-electron chi connectivity index (χ4n) is 1.51. The van der Waals surface area contributed by atoms with Crippen molar-refractivity contribution < 1.29 is 0 Å². The Balaban J connectivity index is 3.03. The van der Waals surface area contributed by atoms with E-state index < -0.39 is 0 Å². The Morgan fingerprint density at radius 2 is 2.27 bits per heavy atom. The summed E-state index contributed by atoms with van der Waals surface area (Å²) in [5.74, 6) is 0. The summed E-state index contributed by atoms with van der Waals surface area (Å²) in [5.41, 5.74) is 7.64. The average molecular weight is 228 g/mol. The molecule has 1 rings (SSSR count). The van der Waals surface area contributed by atoms with Gasteiger partial charge in [-0.25, -0.2) is 0 Å². The molecule has 0 aliphatic rings. The van der Waals surface area contributed by atoms with Gasteiger partial charge in [0.2, 0.25) is 0 Å². The molecule has 4 heteroatoms. The smallest absolute Gasteiger partial charge is 0.130 e. The van der Waals surface area contributed by atoms with Gasteiger partial charge in [-0.05, 0) is 13.3 Å². The zero-order chi connectivity index (χ0) is 11.6. The first-order valence-corrected chi connectivity index (χ1v) is 5.33. The summed E-state index contributed by atoms with van der Waals surface area (Å²) in [6, 6.07) is 0. The van der Waals surface area contributed by atoms with Crippen LogP contribution < -0.4 is 5.73 Å². The van der Waals surface area contributed by atoms with Crippen molar-refractivity contribution in [3.63, 3.8) is 0 Å². The number of rotatable bonds is 4. The second-order valence-corrected chi connectivity index (χ2v) is 4.58. The molecule has 15 heavy (non-hydrogen) atoms. The third-order valence-electron chi connectivity index (χ3n) is 2.81. The van der Waals surface area contributed by atoms with Crippen molar-refractivity contribution in [3.05, 3.63) is 29.1 Å². The zero-order valence-corrected chi connectivity index (χ0v) is 10.3. The van der Waals surface area contributed by atoms with Crippen molar-refractivity contribution in [3.8, 4) is 0 Å². The van der Waals surface area contributed by atoms with E-state index in [1.165, 1.54) is 0 Å². The van der Waals surface area contributed by atoms with E-state index >= 15 is 0 Å². The molecule has 1 aromatic heterocycles. The van der Waals surface area contributed by atoms with Gasteiger partial charge in [-0.3, -0.25) is 4.68 Å².